The van der Waals surface area contributed by atoms with Gasteiger partial charge in [-0.05, 0) is 26.2 Å². The van der Waals surface area contributed by atoms with Crippen LogP contribution < -0.4 is 0 Å². The predicted octanol–water partition coefficient (Wildman–Crippen LogP) is 0.501. The highest BCUT2D eigenvalue weighted by Gasteiger charge is 2.41. The molecule has 2 heterocycles. The average Bonchev–Trinajstić information content (AvgIpc) is 2.71. The number of β-amino-alcohol motifs (C(OH)–C–C–N with tert-alkyl or cyclic N) is 1. The number of urea groups is 1. The molecule has 0 aromatic carbocycles. The van der Waals surface area contributed by atoms with Crippen molar-refractivity contribution < 1.29 is 19.8 Å². The van der Waals surface area contributed by atoms with E-state index in [1.807, 2.05) is 6.92 Å². The summed E-state index contributed by atoms with van der Waals surface area (Å²) < 4.78 is 0. The lowest BCUT2D eigenvalue weighted by atomic mass is 10.0. The second-order valence-corrected chi connectivity index (χ2v) is 5.22. The van der Waals surface area contributed by atoms with Crippen LogP contribution in [-0.2, 0) is 4.79 Å². The molecule has 0 bridgehead atoms. The molecule has 0 saturated carbocycles. The number of rotatable bonds is 1. The maximum atomic E-state index is 12.3. The van der Waals surface area contributed by atoms with E-state index >= 15 is 0 Å². The highest BCUT2D eigenvalue weighted by atomic mass is 16.4. The van der Waals surface area contributed by atoms with E-state index < -0.39 is 18.1 Å². The Balaban J connectivity index is 2.09. The van der Waals surface area contributed by atoms with Crippen molar-refractivity contribution in [2.75, 3.05) is 13.1 Å². The van der Waals surface area contributed by atoms with Crippen LogP contribution in [0.15, 0.2) is 0 Å². The van der Waals surface area contributed by atoms with E-state index in [-0.39, 0.29) is 25.0 Å². The summed E-state index contributed by atoms with van der Waals surface area (Å²) >= 11 is 0. The summed E-state index contributed by atoms with van der Waals surface area (Å²) in [6.45, 7) is 2.79. The Labute approximate surface area is 106 Å². The van der Waals surface area contributed by atoms with Crippen molar-refractivity contribution >= 4 is 12.0 Å². The van der Waals surface area contributed by atoms with Gasteiger partial charge in [-0.25, -0.2) is 9.59 Å². The number of amides is 2. The number of carboxylic acids is 1. The zero-order chi connectivity index (χ0) is 13.3. The Hall–Kier alpha value is -1.30. The Kier molecular flexibility index (Phi) is 3.75. The monoisotopic (exact) mass is 256 g/mol. The Bertz CT molecular complexity index is 347. The number of carbonyl (C=O) groups is 2. The molecule has 2 N–H and O–H groups in total. The molecule has 6 heteroatoms. The molecule has 2 amide bonds. The topological polar surface area (TPSA) is 81.1 Å². The molecule has 6 nitrogen and oxygen atoms in total. The SMILES string of the molecule is CC1CCCCN1C(=O)N1C[C@@H](O)C[C@H]1C(=O)O. The summed E-state index contributed by atoms with van der Waals surface area (Å²) in [5.74, 6) is -1.04. The van der Waals surface area contributed by atoms with Gasteiger partial charge < -0.3 is 20.0 Å². The van der Waals surface area contributed by atoms with Crippen LogP contribution in [0.4, 0.5) is 4.79 Å². The van der Waals surface area contributed by atoms with Crippen molar-refractivity contribution in [1.29, 1.82) is 0 Å². The standard InChI is InChI=1S/C12H20N2O4/c1-8-4-2-3-5-13(8)12(18)14-7-9(15)6-10(14)11(16)17/h8-10,15H,2-7H2,1H3,(H,16,17)/t8?,9-,10-/m0/s1. The Morgan fingerprint density at radius 2 is 1.94 bits per heavy atom. The molecule has 0 aromatic rings. The smallest absolute Gasteiger partial charge is 0.326 e. The molecular weight excluding hydrogens is 236 g/mol. The molecule has 1 unspecified atom stereocenters. The van der Waals surface area contributed by atoms with E-state index in [0.29, 0.717) is 6.54 Å². The fourth-order valence-corrected chi connectivity index (χ4v) is 2.81. The highest BCUT2D eigenvalue weighted by molar-refractivity contribution is 5.83. The van der Waals surface area contributed by atoms with E-state index in [4.69, 9.17) is 5.11 Å². The number of aliphatic carboxylic acids is 1. The van der Waals surface area contributed by atoms with Crippen LogP contribution in [0.25, 0.3) is 0 Å². The van der Waals surface area contributed by atoms with Gasteiger partial charge in [0.1, 0.15) is 6.04 Å². The van der Waals surface area contributed by atoms with E-state index in [1.165, 1.54) is 4.90 Å². The number of aliphatic hydroxyl groups is 1. The lowest BCUT2D eigenvalue weighted by Gasteiger charge is -2.37. The molecule has 0 spiro atoms. The molecule has 2 aliphatic rings. The second-order valence-electron chi connectivity index (χ2n) is 5.22. The minimum atomic E-state index is -1.04. The predicted molar refractivity (Wildman–Crippen MR) is 64.2 cm³/mol. The Morgan fingerprint density at radius 3 is 2.56 bits per heavy atom. The maximum absolute atomic E-state index is 12.3. The van der Waals surface area contributed by atoms with Gasteiger partial charge in [-0.3, -0.25) is 0 Å². The molecule has 2 rings (SSSR count). The maximum Gasteiger partial charge on any atom is 0.326 e. The fraction of sp³-hybridized carbons (Fsp3) is 0.833. The van der Waals surface area contributed by atoms with Crippen LogP contribution >= 0.6 is 0 Å². The third-order valence-electron chi connectivity index (χ3n) is 3.86. The third-order valence-corrected chi connectivity index (χ3v) is 3.86. The van der Waals surface area contributed by atoms with E-state index in [9.17, 15) is 14.7 Å². The van der Waals surface area contributed by atoms with Gasteiger partial charge in [0, 0.05) is 25.6 Å². The molecule has 18 heavy (non-hydrogen) atoms. The van der Waals surface area contributed by atoms with Crippen LogP contribution in [0.1, 0.15) is 32.6 Å². The minimum absolute atomic E-state index is 0.124. The van der Waals surface area contributed by atoms with E-state index in [2.05, 4.69) is 0 Å². The van der Waals surface area contributed by atoms with Gasteiger partial charge in [0.25, 0.3) is 0 Å². The number of piperidine rings is 1. The fourth-order valence-electron chi connectivity index (χ4n) is 2.81. The first-order valence-corrected chi connectivity index (χ1v) is 6.49. The van der Waals surface area contributed by atoms with E-state index in [0.717, 1.165) is 19.3 Å². The summed E-state index contributed by atoms with van der Waals surface area (Å²) in [4.78, 5) is 26.5. The largest absolute Gasteiger partial charge is 0.480 e. The number of aliphatic hydroxyl groups excluding tert-OH is 1. The number of hydrogen-bond donors (Lipinski definition) is 2. The number of carboxylic acid groups (broad SMARTS) is 1. The molecule has 0 aliphatic carbocycles. The lowest BCUT2D eigenvalue weighted by Crippen LogP contribution is -2.52. The van der Waals surface area contributed by atoms with Gasteiger partial charge in [-0.1, -0.05) is 0 Å². The van der Waals surface area contributed by atoms with Gasteiger partial charge >= 0.3 is 12.0 Å². The first-order valence-electron chi connectivity index (χ1n) is 6.49. The molecule has 0 aromatic heterocycles. The number of nitrogens with zero attached hydrogens (tertiary/aromatic N) is 2. The van der Waals surface area contributed by atoms with Crippen molar-refractivity contribution in [3.05, 3.63) is 0 Å². The first-order chi connectivity index (χ1) is 8.50. The number of likely N-dealkylation sites (tertiary alicyclic amines) is 2. The molecule has 2 fully saturated rings. The minimum Gasteiger partial charge on any atom is -0.480 e. The van der Waals surface area contributed by atoms with Crippen LogP contribution in [0, 0.1) is 0 Å². The van der Waals surface area contributed by atoms with Crippen molar-refractivity contribution in [3.8, 4) is 0 Å². The molecule has 2 aliphatic heterocycles. The van der Waals surface area contributed by atoms with E-state index in [1.54, 1.807) is 4.90 Å². The Morgan fingerprint density at radius 1 is 1.22 bits per heavy atom. The van der Waals surface area contributed by atoms with Crippen molar-refractivity contribution in [3.63, 3.8) is 0 Å². The molecule has 102 valence electrons. The second kappa shape index (κ2) is 5.14. The average molecular weight is 256 g/mol. The summed E-state index contributed by atoms with van der Waals surface area (Å²) in [7, 11) is 0. The first kappa shape index (κ1) is 13.1. The van der Waals surface area contributed by atoms with Crippen LogP contribution in [0.5, 0.6) is 0 Å². The molecule has 0 radical (unpaired) electrons. The van der Waals surface area contributed by atoms with Crippen LogP contribution in [0.3, 0.4) is 0 Å². The summed E-state index contributed by atoms with van der Waals surface area (Å²) in [5.41, 5.74) is 0. The van der Waals surface area contributed by atoms with Crippen molar-refractivity contribution in [2.45, 2.75) is 50.8 Å². The normalized spacial score (nSPS) is 32.7. The quantitative estimate of drug-likeness (QED) is 0.716. The van der Waals surface area contributed by atoms with Crippen molar-refractivity contribution in [2.24, 2.45) is 0 Å². The summed E-state index contributed by atoms with van der Waals surface area (Å²) in [6, 6.07) is -0.980. The highest BCUT2D eigenvalue weighted by Crippen LogP contribution is 2.24. The van der Waals surface area contributed by atoms with Gasteiger partial charge in [-0.2, -0.15) is 0 Å². The number of hydrogen-bond acceptors (Lipinski definition) is 3. The van der Waals surface area contributed by atoms with Gasteiger partial charge in [0.15, 0.2) is 0 Å². The summed E-state index contributed by atoms with van der Waals surface area (Å²) in [5, 5.41) is 18.6. The van der Waals surface area contributed by atoms with Gasteiger partial charge in [0.2, 0.25) is 0 Å². The van der Waals surface area contributed by atoms with Gasteiger partial charge in [0.05, 0.1) is 6.10 Å². The number of carbonyl (C=O) groups excluding carboxylic acids is 1. The molecule has 2 saturated heterocycles. The van der Waals surface area contributed by atoms with Crippen LogP contribution in [0.2, 0.25) is 0 Å². The van der Waals surface area contributed by atoms with Gasteiger partial charge in [-0.15, -0.1) is 0 Å². The van der Waals surface area contributed by atoms with Crippen LogP contribution in [-0.4, -0.2) is 63.3 Å². The van der Waals surface area contributed by atoms with Crippen molar-refractivity contribution in [1.82, 2.24) is 9.80 Å². The lowest BCUT2D eigenvalue weighted by molar-refractivity contribution is -0.141. The molecular formula is C12H20N2O4. The zero-order valence-corrected chi connectivity index (χ0v) is 10.6. The third kappa shape index (κ3) is 2.43. The summed E-state index contributed by atoms with van der Waals surface area (Å²) in [6.07, 6.45) is 2.43. The molecule has 3 atom stereocenters. The zero-order valence-electron chi connectivity index (χ0n) is 10.6.